The van der Waals surface area contributed by atoms with Crippen molar-refractivity contribution in [2.45, 2.75) is 127 Å². The third kappa shape index (κ3) is 11.0. The Balaban J connectivity index is 1.54. The second-order valence-corrected chi connectivity index (χ2v) is 11.5. The molecule has 0 saturated heterocycles. The maximum Gasteiger partial charge on any atom is 0.225 e. The van der Waals surface area contributed by atoms with Crippen LogP contribution in [0.25, 0.3) is 11.2 Å². The smallest absolute Gasteiger partial charge is 0.225 e. The topological polar surface area (TPSA) is 88.2 Å². The fourth-order valence-corrected chi connectivity index (χ4v) is 5.50. The van der Waals surface area contributed by atoms with Gasteiger partial charge in [0.05, 0.1) is 0 Å². The molecular formula is C26H45ClN6OS. The number of rotatable bonds is 18. The molecule has 0 aliphatic heterocycles. The molecule has 0 atom stereocenters. The Morgan fingerprint density at radius 1 is 0.914 bits per heavy atom. The second-order valence-electron chi connectivity index (χ2n) is 9.58. The van der Waals surface area contributed by atoms with Crippen LogP contribution >= 0.6 is 23.4 Å². The van der Waals surface area contributed by atoms with Gasteiger partial charge in [0, 0.05) is 25.3 Å². The largest absolute Gasteiger partial charge is 0.325 e. The van der Waals surface area contributed by atoms with Gasteiger partial charge < -0.3 is 4.57 Å². The lowest BCUT2D eigenvalue weighted by molar-refractivity contribution is 0.231. The van der Waals surface area contributed by atoms with Crippen LogP contribution in [0.5, 0.6) is 0 Å². The van der Waals surface area contributed by atoms with Gasteiger partial charge in [0.25, 0.3) is 0 Å². The first-order valence-electron chi connectivity index (χ1n) is 13.4. The minimum absolute atomic E-state index is 0.276. The molecular weight excluding hydrogens is 480 g/mol. The molecule has 2 N–H and O–H groups in total. The summed E-state index contributed by atoms with van der Waals surface area (Å²) in [5, 5.41) is 10.5. The molecule has 2 heterocycles. The van der Waals surface area contributed by atoms with Crippen LogP contribution in [0.15, 0.2) is 10.0 Å². The number of thioether (sulfide) groups is 1. The van der Waals surface area contributed by atoms with Crippen LogP contribution in [0.3, 0.4) is 0 Å². The van der Waals surface area contributed by atoms with E-state index in [9.17, 15) is 0 Å². The minimum Gasteiger partial charge on any atom is -0.325 e. The van der Waals surface area contributed by atoms with Crippen molar-refractivity contribution in [1.82, 2.24) is 25.0 Å². The van der Waals surface area contributed by atoms with Gasteiger partial charge in [-0.3, -0.25) is 15.7 Å². The average molecular weight is 525 g/mol. The molecule has 0 radical (unpaired) electrons. The number of halogens is 1. The van der Waals surface area contributed by atoms with Crippen molar-refractivity contribution in [3.8, 4) is 0 Å². The quantitative estimate of drug-likeness (QED) is 0.0394. The zero-order chi connectivity index (χ0) is 25.5. The van der Waals surface area contributed by atoms with E-state index < -0.39 is 0 Å². The van der Waals surface area contributed by atoms with E-state index in [0.29, 0.717) is 16.7 Å². The van der Waals surface area contributed by atoms with Crippen molar-refractivity contribution in [3.05, 3.63) is 11.1 Å². The summed E-state index contributed by atoms with van der Waals surface area (Å²) in [5.74, 6) is 1.68. The molecule has 0 amide bonds. The first-order valence-corrected chi connectivity index (χ1v) is 14.6. The third-order valence-electron chi connectivity index (χ3n) is 6.28. The van der Waals surface area contributed by atoms with Gasteiger partial charge in [-0.2, -0.15) is 4.98 Å². The van der Waals surface area contributed by atoms with Crippen LogP contribution in [0.2, 0.25) is 5.28 Å². The Morgan fingerprint density at radius 3 is 1.97 bits per heavy atom. The van der Waals surface area contributed by atoms with Crippen molar-refractivity contribution in [3.63, 3.8) is 0 Å². The van der Waals surface area contributed by atoms with Gasteiger partial charge >= 0.3 is 0 Å². The molecule has 198 valence electrons. The van der Waals surface area contributed by atoms with Crippen LogP contribution in [0.1, 0.15) is 110 Å². The molecule has 2 aromatic heterocycles. The Morgan fingerprint density at radius 2 is 1.46 bits per heavy atom. The fourth-order valence-electron chi connectivity index (χ4n) is 4.39. The molecule has 2 aromatic rings. The summed E-state index contributed by atoms with van der Waals surface area (Å²) < 4.78 is 2.27. The predicted molar refractivity (Wildman–Crippen MR) is 149 cm³/mol. The first kappa shape index (κ1) is 29.8. The van der Waals surface area contributed by atoms with E-state index in [4.69, 9.17) is 16.8 Å². The van der Waals surface area contributed by atoms with Gasteiger partial charge in [0.1, 0.15) is 22.2 Å². The molecule has 2 rings (SSSR count). The third-order valence-corrected chi connectivity index (χ3v) is 7.42. The Hall–Kier alpha value is -1.38. The summed E-state index contributed by atoms with van der Waals surface area (Å²) in [6.07, 6.45) is 17.6. The molecule has 0 aliphatic rings. The average Bonchev–Trinajstić information content (AvgIpc) is 3.13. The number of nitrogens with zero attached hydrogens (tertiary/aromatic N) is 5. The second kappa shape index (κ2) is 17.1. The Bertz CT molecular complexity index is 902. The monoisotopic (exact) mass is 524 g/mol. The summed E-state index contributed by atoms with van der Waals surface area (Å²) in [6.45, 7) is 7.34. The molecule has 9 heteroatoms. The van der Waals surface area contributed by atoms with Crippen molar-refractivity contribution in [1.29, 1.82) is 0 Å². The summed E-state index contributed by atoms with van der Waals surface area (Å²) in [6, 6.07) is 0. The van der Waals surface area contributed by atoms with E-state index >= 15 is 0 Å². The van der Waals surface area contributed by atoms with Gasteiger partial charge in [-0.15, -0.1) is 11.8 Å². The zero-order valence-electron chi connectivity index (χ0n) is 22.2. The number of nitrogens with one attached hydrogen (secondary N) is 1. The number of aromatic nitrogens is 4. The Kier molecular flexibility index (Phi) is 14.6. The highest BCUT2D eigenvalue weighted by Gasteiger charge is 2.17. The zero-order valence-corrected chi connectivity index (χ0v) is 23.7. The highest BCUT2D eigenvalue weighted by Crippen LogP contribution is 2.30. The van der Waals surface area contributed by atoms with Crippen LogP contribution in [0.4, 0.5) is 0 Å². The van der Waals surface area contributed by atoms with Crippen molar-refractivity contribution < 1.29 is 5.21 Å². The van der Waals surface area contributed by atoms with Crippen LogP contribution < -0.4 is 5.48 Å². The van der Waals surface area contributed by atoms with Crippen molar-refractivity contribution in [2.75, 3.05) is 7.05 Å². The molecule has 0 unspecified atom stereocenters. The molecule has 0 fully saturated rings. The lowest BCUT2D eigenvalue weighted by Gasteiger charge is -2.11. The van der Waals surface area contributed by atoms with Gasteiger partial charge in [-0.25, -0.2) is 9.97 Å². The normalized spacial score (nSPS) is 12.3. The number of hydrogen-bond acceptors (Lipinski definition) is 6. The lowest BCUT2D eigenvalue weighted by atomic mass is 10.0. The highest BCUT2D eigenvalue weighted by atomic mass is 35.5. The number of hydroxylamine groups is 1. The van der Waals surface area contributed by atoms with E-state index in [0.717, 1.165) is 42.2 Å². The van der Waals surface area contributed by atoms with Crippen LogP contribution in [-0.2, 0) is 6.54 Å². The molecule has 0 spiro atoms. The molecule has 0 saturated carbocycles. The van der Waals surface area contributed by atoms with Crippen molar-refractivity contribution in [2.24, 2.45) is 4.99 Å². The summed E-state index contributed by atoms with van der Waals surface area (Å²) in [7, 11) is 1.71. The number of unbranched alkanes of at least 4 members (excludes halogenated alkanes) is 12. The lowest BCUT2D eigenvalue weighted by Crippen LogP contribution is -2.18. The van der Waals surface area contributed by atoms with Gasteiger partial charge in [0.15, 0.2) is 5.65 Å². The number of aliphatic imine (C=N–C) groups is 1. The van der Waals surface area contributed by atoms with Gasteiger partial charge in [-0.05, 0) is 31.4 Å². The van der Waals surface area contributed by atoms with E-state index in [2.05, 4.69) is 43.8 Å². The summed E-state index contributed by atoms with van der Waals surface area (Å²) >= 11 is 7.85. The molecule has 0 aliphatic carbocycles. The number of aryl methyl sites for hydroxylation is 2. The van der Waals surface area contributed by atoms with Crippen molar-refractivity contribution >= 4 is 40.4 Å². The van der Waals surface area contributed by atoms with Gasteiger partial charge in [0.2, 0.25) is 5.28 Å². The summed E-state index contributed by atoms with van der Waals surface area (Å²) in [4.78, 5) is 17.5. The Labute approximate surface area is 220 Å². The molecule has 35 heavy (non-hydrogen) atoms. The van der Waals surface area contributed by atoms with E-state index in [1.165, 1.54) is 70.6 Å². The van der Waals surface area contributed by atoms with E-state index in [-0.39, 0.29) is 5.28 Å². The maximum atomic E-state index is 8.86. The van der Waals surface area contributed by atoms with E-state index in [1.54, 1.807) is 18.8 Å². The highest BCUT2D eigenvalue weighted by molar-refractivity contribution is 8.00. The molecule has 0 bridgehead atoms. The van der Waals surface area contributed by atoms with Crippen LogP contribution in [0, 0.1) is 6.92 Å². The van der Waals surface area contributed by atoms with Crippen LogP contribution in [-0.4, -0.2) is 42.9 Å². The number of hydrogen-bond donors (Lipinski definition) is 2. The number of imidazole rings is 1. The minimum atomic E-state index is 0.276. The molecule has 0 aromatic carbocycles. The predicted octanol–water partition coefficient (Wildman–Crippen LogP) is 7.76. The molecule has 7 nitrogen and oxygen atoms in total. The first-order chi connectivity index (χ1) is 17.0. The number of fused-ring (bicyclic) bond motifs is 1. The van der Waals surface area contributed by atoms with E-state index in [1.807, 2.05) is 6.92 Å². The number of amidine groups is 1. The summed E-state index contributed by atoms with van der Waals surface area (Å²) in [5.41, 5.74) is 3.91. The fraction of sp³-hybridized carbons (Fsp3) is 0.769. The SMILES string of the molecule is CN=C(CCCCCCCCCCCCCCCn1c(C)nc2nc(Cl)nc(SC(C)C)c21)NO. The maximum absolute atomic E-state index is 8.86. The van der Waals surface area contributed by atoms with Gasteiger partial charge in [-0.1, -0.05) is 84.5 Å². The standard InChI is InChI=1S/C26H45ClN6OS/c1-20(2)35-25-23-24(30-26(27)31-25)29-21(3)33(23)19-17-15-13-11-9-7-5-6-8-10-12-14-16-18-22(28-4)32-34/h20,34H,5-19H2,1-4H3,(H,28,32).